The highest BCUT2D eigenvalue weighted by molar-refractivity contribution is 7.89. The van der Waals surface area contributed by atoms with E-state index < -0.39 is 15.6 Å². The summed E-state index contributed by atoms with van der Waals surface area (Å²) in [6.45, 7) is 3.62. The SMILES string of the molecule is CN1C(=O)c2cccc3c(S(=O)(=O)NCC(C)(C)N)ccc1c23.Cl. The Morgan fingerprint density at radius 2 is 1.88 bits per heavy atom. The Hall–Kier alpha value is -1.67. The van der Waals surface area contributed by atoms with Crippen LogP contribution in [-0.4, -0.2) is 33.5 Å². The first-order valence-electron chi connectivity index (χ1n) is 7.24. The van der Waals surface area contributed by atoms with Crippen LogP contribution >= 0.6 is 12.4 Å². The molecule has 1 heterocycles. The summed E-state index contributed by atoms with van der Waals surface area (Å²) in [5.74, 6) is -0.129. The molecule has 0 unspecified atom stereocenters. The number of anilines is 1. The van der Waals surface area contributed by atoms with Crippen molar-refractivity contribution in [2.45, 2.75) is 24.3 Å². The average molecular weight is 370 g/mol. The van der Waals surface area contributed by atoms with Crippen LogP contribution in [0.15, 0.2) is 35.2 Å². The Kier molecular flexibility index (Phi) is 4.67. The molecule has 3 rings (SSSR count). The van der Waals surface area contributed by atoms with Gasteiger partial charge in [0.1, 0.15) is 0 Å². The van der Waals surface area contributed by atoms with Crippen molar-refractivity contribution in [1.29, 1.82) is 0 Å². The minimum absolute atomic E-state index is 0. The third-order valence-electron chi connectivity index (χ3n) is 3.88. The number of nitrogens with zero attached hydrogens (tertiary/aromatic N) is 1. The van der Waals surface area contributed by atoms with Crippen molar-refractivity contribution < 1.29 is 13.2 Å². The standard InChI is InChI=1S/C16H19N3O3S.ClH/c1-16(2,17)9-18-23(21,22)13-8-7-12-14-10(13)5-4-6-11(14)15(20)19(12)3;/h4-8,18H,9,17H2,1-3H3;1H. The quantitative estimate of drug-likeness (QED) is 0.860. The maximum absolute atomic E-state index is 12.6. The van der Waals surface area contributed by atoms with E-state index in [0.29, 0.717) is 16.3 Å². The molecular formula is C16H20ClN3O3S. The van der Waals surface area contributed by atoms with Crippen LogP contribution in [-0.2, 0) is 10.0 Å². The highest BCUT2D eigenvalue weighted by atomic mass is 35.5. The van der Waals surface area contributed by atoms with Crippen molar-refractivity contribution in [3.05, 3.63) is 35.9 Å². The van der Waals surface area contributed by atoms with Gasteiger partial charge in [0.2, 0.25) is 10.0 Å². The summed E-state index contributed by atoms with van der Waals surface area (Å²) in [5.41, 5.74) is 6.44. The number of amides is 1. The minimum atomic E-state index is -3.72. The third kappa shape index (κ3) is 3.00. The summed E-state index contributed by atoms with van der Waals surface area (Å²) in [7, 11) is -2.04. The van der Waals surface area contributed by atoms with Crippen LogP contribution in [0.4, 0.5) is 5.69 Å². The summed E-state index contributed by atoms with van der Waals surface area (Å²) in [4.78, 5) is 13.9. The largest absolute Gasteiger partial charge is 0.324 e. The maximum atomic E-state index is 12.6. The van der Waals surface area contributed by atoms with Gasteiger partial charge >= 0.3 is 0 Å². The van der Waals surface area contributed by atoms with Crippen molar-refractivity contribution in [3.63, 3.8) is 0 Å². The van der Waals surface area contributed by atoms with Crippen LogP contribution in [0.2, 0.25) is 0 Å². The molecule has 2 aromatic carbocycles. The van der Waals surface area contributed by atoms with Gasteiger partial charge in [-0.25, -0.2) is 13.1 Å². The van der Waals surface area contributed by atoms with Gasteiger partial charge in [-0.1, -0.05) is 12.1 Å². The lowest BCUT2D eigenvalue weighted by atomic mass is 10.1. The number of rotatable bonds is 4. The monoisotopic (exact) mass is 369 g/mol. The molecule has 1 aliphatic rings. The summed E-state index contributed by atoms with van der Waals surface area (Å²) < 4.78 is 27.8. The number of carbonyl (C=O) groups excluding carboxylic acids is 1. The lowest BCUT2D eigenvalue weighted by molar-refractivity contribution is 0.0999. The molecule has 8 heteroatoms. The zero-order valence-corrected chi connectivity index (χ0v) is 15.3. The van der Waals surface area contributed by atoms with Gasteiger partial charge in [0.25, 0.3) is 5.91 Å². The molecule has 1 amide bonds. The summed E-state index contributed by atoms with van der Waals surface area (Å²) >= 11 is 0. The van der Waals surface area contributed by atoms with Crippen LogP contribution in [0.1, 0.15) is 24.2 Å². The van der Waals surface area contributed by atoms with Gasteiger partial charge in [0.05, 0.1) is 10.6 Å². The van der Waals surface area contributed by atoms with Gasteiger partial charge in [-0.2, -0.15) is 0 Å². The molecule has 1 aliphatic heterocycles. The molecule has 2 aromatic rings. The summed E-state index contributed by atoms with van der Waals surface area (Å²) in [6.07, 6.45) is 0. The molecule has 0 aromatic heterocycles. The molecule has 0 spiro atoms. The number of carbonyl (C=O) groups is 1. The van der Waals surface area contributed by atoms with Crippen molar-refractivity contribution in [2.75, 3.05) is 18.5 Å². The normalized spacial score (nSPS) is 14.2. The van der Waals surface area contributed by atoms with Crippen molar-refractivity contribution in [3.8, 4) is 0 Å². The van der Waals surface area contributed by atoms with E-state index in [9.17, 15) is 13.2 Å². The highest BCUT2D eigenvalue weighted by Gasteiger charge is 2.30. The number of hydrogen-bond donors (Lipinski definition) is 2. The first kappa shape index (κ1) is 18.7. The summed E-state index contributed by atoms with van der Waals surface area (Å²) in [6, 6.07) is 8.33. The Morgan fingerprint density at radius 1 is 1.21 bits per heavy atom. The highest BCUT2D eigenvalue weighted by Crippen LogP contribution is 2.39. The zero-order valence-electron chi connectivity index (χ0n) is 13.7. The fraction of sp³-hybridized carbons (Fsp3) is 0.312. The van der Waals surface area contributed by atoms with Gasteiger partial charge in [-0.05, 0) is 32.0 Å². The zero-order chi connectivity index (χ0) is 17.0. The Balaban J connectivity index is 0.00000208. The van der Waals surface area contributed by atoms with Crippen LogP contribution in [0.25, 0.3) is 10.8 Å². The van der Waals surface area contributed by atoms with E-state index in [2.05, 4.69) is 4.72 Å². The van der Waals surface area contributed by atoms with Crippen molar-refractivity contribution in [1.82, 2.24) is 4.72 Å². The van der Waals surface area contributed by atoms with Crippen molar-refractivity contribution >= 4 is 44.8 Å². The van der Waals surface area contributed by atoms with Crippen molar-refractivity contribution in [2.24, 2.45) is 5.73 Å². The number of sulfonamides is 1. The second kappa shape index (κ2) is 6.00. The summed E-state index contributed by atoms with van der Waals surface area (Å²) in [5, 5.41) is 1.22. The van der Waals surface area contributed by atoms with Gasteiger partial charge in [-0.3, -0.25) is 4.79 Å². The van der Waals surface area contributed by atoms with Gasteiger partial charge < -0.3 is 10.6 Å². The topological polar surface area (TPSA) is 92.5 Å². The molecule has 0 saturated heterocycles. The van der Waals surface area contributed by atoms with E-state index in [0.717, 1.165) is 5.69 Å². The third-order valence-corrected chi connectivity index (χ3v) is 5.34. The van der Waals surface area contributed by atoms with Gasteiger partial charge in [-0.15, -0.1) is 12.4 Å². The molecule has 24 heavy (non-hydrogen) atoms. The van der Waals surface area contributed by atoms with E-state index in [1.807, 2.05) is 0 Å². The predicted molar refractivity (Wildman–Crippen MR) is 97.4 cm³/mol. The number of nitrogens with two attached hydrogens (primary N) is 1. The lowest BCUT2D eigenvalue weighted by Crippen LogP contribution is -2.45. The minimum Gasteiger partial charge on any atom is -0.324 e. The predicted octanol–water partition coefficient (Wildman–Crippen LogP) is 1.87. The molecule has 0 fully saturated rings. The van der Waals surface area contributed by atoms with Crippen LogP contribution in [0.5, 0.6) is 0 Å². The first-order valence-corrected chi connectivity index (χ1v) is 8.72. The van der Waals surface area contributed by atoms with Crippen LogP contribution in [0.3, 0.4) is 0 Å². The molecule has 0 saturated carbocycles. The second-order valence-electron chi connectivity index (χ2n) is 6.49. The molecule has 130 valence electrons. The molecular weight excluding hydrogens is 350 g/mol. The maximum Gasteiger partial charge on any atom is 0.258 e. The Bertz CT molecular complexity index is 920. The molecule has 0 atom stereocenters. The van der Waals surface area contributed by atoms with Crippen LogP contribution in [0, 0.1) is 0 Å². The molecule has 0 aliphatic carbocycles. The van der Waals surface area contributed by atoms with Crippen LogP contribution < -0.4 is 15.4 Å². The Labute approximate surface area is 147 Å². The van der Waals surface area contributed by atoms with E-state index in [-0.39, 0.29) is 29.8 Å². The smallest absolute Gasteiger partial charge is 0.258 e. The molecule has 6 nitrogen and oxygen atoms in total. The average Bonchev–Trinajstić information content (AvgIpc) is 2.72. The molecule has 3 N–H and O–H groups in total. The molecule has 0 radical (unpaired) electrons. The van der Waals surface area contributed by atoms with E-state index >= 15 is 0 Å². The Morgan fingerprint density at radius 3 is 2.50 bits per heavy atom. The number of hydrogen-bond acceptors (Lipinski definition) is 4. The van der Waals surface area contributed by atoms with Gasteiger partial charge in [0.15, 0.2) is 0 Å². The number of halogens is 1. The number of benzene rings is 2. The van der Waals surface area contributed by atoms with Gasteiger partial charge in [0, 0.05) is 35.5 Å². The van der Waals surface area contributed by atoms with E-state index in [4.69, 9.17) is 5.73 Å². The lowest BCUT2D eigenvalue weighted by Gasteiger charge is -2.19. The first-order chi connectivity index (χ1) is 10.6. The number of nitrogens with one attached hydrogen (secondary N) is 1. The fourth-order valence-electron chi connectivity index (χ4n) is 2.70. The molecule has 0 bridgehead atoms. The second-order valence-corrected chi connectivity index (χ2v) is 8.22. The fourth-order valence-corrected chi connectivity index (χ4v) is 4.13. The van der Waals surface area contributed by atoms with E-state index in [1.165, 1.54) is 11.0 Å². The van der Waals surface area contributed by atoms with E-state index in [1.54, 1.807) is 45.2 Å².